The van der Waals surface area contributed by atoms with Gasteiger partial charge in [0.1, 0.15) is 0 Å². The molecular weight excluding hydrogens is 424 g/mol. The molecule has 6 heteroatoms. The number of benzene rings is 3. The zero-order chi connectivity index (χ0) is 22.5. The predicted molar refractivity (Wildman–Crippen MR) is 127 cm³/mol. The number of hydrogen-bond donors (Lipinski definition) is 1. The third-order valence-corrected chi connectivity index (χ3v) is 5.33. The Balaban J connectivity index is 1.56. The molecule has 0 aliphatic rings. The monoisotopic (exact) mass is 444 g/mol. The Morgan fingerprint density at radius 1 is 0.969 bits per heavy atom. The molecule has 0 aliphatic heterocycles. The van der Waals surface area contributed by atoms with Crippen LogP contribution in [0.5, 0.6) is 0 Å². The summed E-state index contributed by atoms with van der Waals surface area (Å²) >= 11 is 5.99. The topological polar surface area (TPSA) is 68.3 Å². The Bertz CT molecular complexity index is 1290. The van der Waals surface area contributed by atoms with E-state index in [4.69, 9.17) is 16.3 Å². The lowest BCUT2D eigenvalue weighted by atomic mass is 10.0. The van der Waals surface area contributed by atoms with Crippen molar-refractivity contribution in [3.63, 3.8) is 0 Å². The largest absolute Gasteiger partial charge is 0.452 e. The number of ether oxygens (including phenoxy) is 1. The third-order valence-electron chi connectivity index (χ3n) is 5.08. The minimum absolute atomic E-state index is 0.349. The molecule has 4 rings (SSSR count). The van der Waals surface area contributed by atoms with Gasteiger partial charge in [-0.25, -0.2) is 9.78 Å². The van der Waals surface area contributed by atoms with Gasteiger partial charge < -0.3 is 10.1 Å². The van der Waals surface area contributed by atoms with Crippen molar-refractivity contribution in [3.05, 3.63) is 95.0 Å². The lowest BCUT2D eigenvalue weighted by Crippen LogP contribution is -2.21. The Labute approximate surface area is 191 Å². The van der Waals surface area contributed by atoms with E-state index in [-0.39, 0.29) is 6.61 Å². The predicted octanol–water partition coefficient (Wildman–Crippen LogP) is 5.91. The van der Waals surface area contributed by atoms with Gasteiger partial charge in [-0.15, -0.1) is 0 Å². The molecular formula is C26H21ClN2O3. The van der Waals surface area contributed by atoms with Crippen molar-refractivity contribution < 1.29 is 14.3 Å². The first kappa shape index (κ1) is 21.5. The third kappa shape index (κ3) is 4.79. The first-order chi connectivity index (χ1) is 15.5. The summed E-state index contributed by atoms with van der Waals surface area (Å²) in [5.41, 5.74) is 4.18. The van der Waals surface area contributed by atoms with Crippen LogP contribution in [0.4, 0.5) is 5.69 Å². The number of nitrogens with one attached hydrogen (secondary N) is 1. The first-order valence-corrected chi connectivity index (χ1v) is 10.6. The van der Waals surface area contributed by atoms with Gasteiger partial charge in [0.05, 0.1) is 16.8 Å². The molecule has 5 nitrogen and oxygen atoms in total. The van der Waals surface area contributed by atoms with Crippen LogP contribution >= 0.6 is 11.6 Å². The number of halogens is 1. The maximum absolute atomic E-state index is 12.9. The van der Waals surface area contributed by atoms with Crippen molar-refractivity contribution >= 4 is 40.1 Å². The van der Waals surface area contributed by atoms with E-state index in [0.29, 0.717) is 27.2 Å². The van der Waals surface area contributed by atoms with Gasteiger partial charge in [-0.1, -0.05) is 67.1 Å². The number of esters is 1. The summed E-state index contributed by atoms with van der Waals surface area (Å²) < 4.78 is 5.35. The van der Waals surface area contributed by atoms with Crippen molar-refractivity contribution in [2.45, 2.75) is 13.3 Å². The molecule has 0 saturated heterocycles. The molecule has 0 saturated carbocycles. The highest BCUT2D eigenvalue weighted by Crippen LogP contribution is 2.26. The van der Waals surface area contributed by atoms with E-state index in [1.54, 1.807) is 18.2 Å². The van der Waals surface area contributed by atoms with Gasteiger partial charge in [-0.05, 0) is 42.3 Å². The second-order valence-corrected chi connectivity index (χ2v) is 7.65. The van der Waals surface area contributed by atoms with Crippen LogP contribution in [0.25, 0.3) is 22.2 Å². The number of rotatable bonds is 6. The van der Waals surface area contributed by atoms with Gasteiger partial charge in [0.2, 0.25) is 0 Å². The molecule has 32 heavy (non-hydrogen) atoms. The maximum atomic E-state index is 12.9. The quantitative estimate of drug-likeness (QED) is 0.375. The van der Waals surface area contributed by atoms with Crippen LogP contribution in [0.3, 0.4) is 0 Å². The van der Waals surface area contributed by atoms with Crippen LogP contribution in [0.1, 0.15) is 22.8 Å². The fourth-order valence-corrected chi connectivity index (χ4v) is 3.58. The van der Waals surface area contributed by atoms with Gasteiger partial charge in [-0.3, -0.25) is 4.79 Å². The molecule has 1 N–H and O–H groups in total. The summed E-state index contributed by atoms with van der Waals surface area (Å²) in [6.45, 7) is 1.63. The molecule has 0 atom stereocenters. The summed E-state index contributed by atoms with van der Waals surface area (Å²) in [6.07, 6.45) is 0.784. The highest BCUT2D eigenvalue weighted by Gasteiger charge is 2.17. The fraction of sp³-hybridized carbons (Fsp3) is 0.115. The van der Waals surface area contributed by atoms with Crippen molar-refractivity contribution in [2.24, 2.45) is 0 Å². The first-order valence-electron chi connectivity index (χ1n) is 10.3. The SMILES string of the molecule is CCc1ccccc1NC(=O)COC(=O)c1cc(-c2ccc(Cl)cc2)nc2ccccc12. The Kier molecular flexibility index (Phi) is 6.47. The average molecular weight is 445 g/mol. The van der Waals surface area contributed by atoms with Crippen LogP contribution in [-0.2, 0) is 16.0 Å². The van der Waals surface area contributed by atoms with Crippen LogP contribution in [0.2, 0.25) is 5.02 Å². The van der Waals surface area contributed by atoms with E-state index < -0.39 is 11.9 Å². The second kappa shape index (κ2) is 9.62. The van der Waals surface area contributed by atoms with E-state index in [2.05, 4.69) is 10.3 Å². The molecule has 0 aliphatic carbocycles. The smallest absolute Gasteiger partial charge is 0.339 e. The fourth-order valence-electron chi connectivity index (χ4n) is 3.46. The summed E-state index contributed by atoms with van der Waals surface area (Å²) in [5, 5.41) is 4.08. The summed E-state index contributed by atoms with van der Waals surface area (Å²) in [7, 11) is 0. The van der Waals surface area contributed by atoms with E-state index in [1.165, 1.54) is 0 Å². The number of carbonyl (C=O) groups excluding carboxylic acids is 2. The van der Waals surface area contributed by atoms with Crippen molar-refractivity contribution in [1.82, 2.24) is 4.98 Å². The maximum Gasteiger partial charge on any atom is 0.339 e. The van der Waals surface area contributed by atoms with Gasteiger partial charge in [0.15, 0.2) is 6.61 Å². The highest BCUT2D eigenvalue weighted by molar-refractivity contribution is 6.30. The molecule has 1 heterocycles. The number of aryl methyl sites for hydroxylation is 1. The Morgan fingerprint density at radius 2 is 1.69 bits per heavy atom. The number of para-hydroxylation sites is 2. The van der Waals surface area contributed by atoms with Crippen molar-refractivity contribution in [3.8, 4) is 11.3 Å². The number of anilines is 1. The van der Waals surface area contributed by atoms with Crippen LogP contribution in [-0.4, -0.2) is 23.5 Å². The number of hydrogen-bond acceptors (Lipinski definition) is 4. The lowest BCUT2D eigenvalue weighted by Gasteiger charge is -2.12. The van der Waals surface area contributed by atoms with Crippen molar-refractivity contribution in [2.75, 3.05) is 11.9 Å². The number of aromatic nitrogens is 1. The lowest BCUT2D eigenvalue weighted by molar-refractivity contribution is -0.119. The summed E-state index contributed by atoms with van der Waals surface area (Å²) in [4.78, 5) is 30.0. The number of amides is 1. The van der Waals surface area contributed by atoms with Gasteiger partial charge in [0, 0.05) is 21.7 Å². The van der Waals surface area contributed by atoms with Gasteiger partial charge in [-0.2, -0.15) is 0 Å². The number of nitrogens with zero attached hydrogens (tertiary/aromatic N) is 1. The van der Waals surface area contributed by atoms with E-state index in [1.807, 2.05) is 67.6 Å². The van der Waals surface area contributed by atoms with Crippen molar-refractivity contribution in [1.29, 1.82) is 0 Å². The molecule has 0 fully saturated rings. The number of carbonyl (C=O) groups is 2. The molecule has 4 aromatic rings. The molecule has 1 amide bonds. The molecule has 0 unspecified atom stereocenters. The standard InChI is InChI=1S/C26H21ClN2O3/c1-2-17-7-3-5-9-22(17)29-25(30)16-32-26(31)21-15-24(18-11-13-19(27)14-12-18)28-23-10-6-4-8-20(21)23/h3-15H,2,16H2,1H3,(H,29,30). The zero-order valence-corrected chi connectivity index (χ0v) is 18.2. The Morgan fingerprint density at radius 3 is 2.47 bits per heavy atom. The van der Waals surface area contributed by atoms with Crippen LogP contribution in [0, 0.1) is 0 Å². The van der Waals surface area contributed by atoms with Gasteiger partial charge >= 0.3 is 5.97 Å². The van der Waals surface area contributed by atoms with E-state index >= 15 is 0 Å². The van der Waals surface area contributed by atoms with E-state index in [9.17, 15) is 9.59 Å². The molecule has 160 valence electrons. The normalized spacial score (nSPS) is 10.7. The second-order valence-electron chi connectivity index (χ2n) is 7.21. The van der Waals surface area contributed by atoms with E-state index in [0.717, 1.165) is 23.2 Å². The highest BCUT2D eigenvalue weighted by atomic mass is 35.5. The molecule has 0 bridgehead atoms. The summed E-state index contributed by atoms with van der Waals surface area (Å²) in [6, 6.07) is 23.8. The van der Waals surface area contributed by atoms with Gasteiger partial charge in [0.25, 0.3) is 5.91 Å². The number of pyridine rings is 1. The van der Waals surface area contributed by atoms with Crippen LogP contribution < -0.4 is 5.32 Å². The molecule has 0 radical (unpaired) electrons. The Hall–Kier alpha value is -3.70. The minimum atomic E-state index is -0.585. The van der Waals surface area contributed by atoms with Crippen LogP contribution in [0.15, 0.2) is 78.9 Å². The molecule has 0 spiro atoms. The summed E-state index contributed by atoms with van der Waals surface area (Å²) in [5.74, 6) is -0.978. The molecule has 3 aromatic carbocycles. The zero-order valence-electron chi connectivity index (χ0n) is 17.5. The average Bonchev–Trinajstić information content (AvgIpc) is 2.82. The number of fused-ring (bicyclic) bond motifs is 1. The minimum Gasteiger partial charge on any atom is -0.452 e. The molecule has 1 aromatic heterocycles.